The van der Waals surface area contributed by atoms with Crippen LogP contribution in [-0.4, -0.2) is 29.3 Å². The molecule has 0 heterocycles. The lowest BCUT2D eigenvalue weighted by molar-refractivity contribution is -0.140. The fourth-order valence-corrected chi connectivity index (χ4v) is 3.44. The standard InChI is InChI=1S/C22H25Cl3N2O2/c1-3-11-26-22(29)20(4-2)27(14-15-5-8-17(23)9-6-15)21(28)13-16-7-10-18(24)19(25)12-16/h5-10,12,20H,3-4,11,13-14H2,1-2H3,(H,26,29)/t20-/m0/s1. The van der Waals surface area contributed by atoms with Gasteiger partial charge in [-0.2, -0.15) is 0 Å². The molecule has 2 rings (SSSR count). The number of benzene rings is 2. The lowest BCUT2D eigenvalue weighted by Gasteiger charge is -2.31. The lowest BCUT2D eigenvalue weighted by atomic mass is 10.1. The number of hydrogen-bond acceptors (Lipinski definition) is 2. The van der Waals surface area contributed by atoms with Crippen molar-refractivity contribution in [3.8, 4) is 0 Å². The second-order valence-corrected chi connectivity index (χ2v) is 8.04. The van der Waals surface area contributed by atoms with Crippen molar-refractivity contribution in [2.24, 2.45) is 0 Å². The summed E-state index contributed by atoms with van der Waals surface area (Å²) >= 11 is 18.0. The predicted octanol–water partition coefficient (Wildman–Crippen LogP) is 5.52. The van der Waals surface area contributed by atoms with Gasteiger partial charge in [0.15, 0.2) is 0 Å². The van der Waals surface area contributed by atoms with Crippen molar-refractivity contribution in [3.63, 3.8) is 0 Å². The minimum atomic E-state index is -0.562. The van der Waals surface area contributed by atoms with E-state index in [-0.39, 0.29) is 18.2 Å². The fraction of sp³-hybridized carbons (Fsp3) is 0.364. The Morgan fingerprint density at radius 3 is 2.21 bits per heavy atom. The van der Waals surface area contributed by atoms with Crippen molar-refractivity contribution in [2.45, 2.75) is 45.7 Å². The summed E-state index contributed by atoms with van der Waals surface area (Å²) in [6.07, 6.45) is 1.47. The lowest BCUT2D eigenvalue weighted by Crippen LogP contribution is -2.49. The van der Waals surface area contributed by atoms with Crippen LogP contribution >= 0.6 is 34.8 Å². The monoisotopic (exact) mass is 454 g/mol. The Balaban J connectivity index is 2.27. The molecular formula is C22H25Cl3N2O2. The van der Waals surface area contributed by atoms with Crippen LogP contribution < -0.4 is 5.32 Å². The van der Waals surface area contributed by atoms with Crippen molar-refractivity contribution in [1.82, 2.24) is 10.2 Å². The number of carbonyl (C=O) groups excluding carboxylic acids is 2. The molecule has 0 aliphatic carbocycles. The molecule has 0 radical (unpaired) electrons. The van der Waals surface area contributed by atoms with Crippen LogP contribution in [-0.2, 0) is 22.6 Å². The zero-order valence-electron chi connectivity index (χ0n) is 16.6. The van der Waals surface area contributed by atoms with Crippen LogP contribution in [0.5, 0.6) is 0 Å². The maximum atomic E-state index is 13.2. The molecular weight excluding hydrogens is 431 g/mol. The third-order valence-electron chi connectivity index (χ3n) is 4.54. The molecule has 2 aromatic rings. The summed E-state index contributed by atoms with van der Waals surface area (Å²) < 4.78 is 0. The summed E-state index contributed by atoms with van der Waals surface area (Å²) in [4.78, 5) is 27.5. The minimum Gasteiger partial charge on any atom is -0.354 e. The molecule has 1 N–H and O–H groups in total. The SMILES string of the molecule is CCCNC(=O)[C@H](CC)N(Cc1ccc(Cl)cc1)C(=O)Cc1ccc(Cl)c(Cl)c1. The third-order valence-corrected chi connectivity index (χ3v) is 5.53. The van der Waals surface area contributed by atoms with Crippen molar-refractivity contribution in [3.05, 3.63) is 68.7 Å². The van der Waals surface area contributed by atoms with E-state index in [4.69, 9.17) is 34.8 Å². The highest BCUT2D eigenvalue weighted by Crippen LogP contribution is 2.24. The van der Waals surface area contributed by atoms with Gasteiger partial charge in [0.1, 0.15) is 6.04 Å². The number of hydrogen-bond donors (Lipinski definition) is 1. The van der Waals surface area contributed by atoms with Crippen molar-refractivity contribution >= 4 is 46.6 Å². The first-order valence-electron chi connectivity index (χ1n) is 9.61. The van der Waals surface area contributed by atoms with Crippen molar-refractivity contribution in [1.29, 1.82) is 0 Å². The molecule has 0 aromatic heterocycles. The summed E-state index contributed by atoms with van der Waals surface area (Å²) in [5.74, 6) is -0.303. The number of amides is 2. The Morgan fingerprint density at radius 2 is 1.62 bits per heavy atom. The first kappa shape index (κ1) is 23.5. The highest BCUT2D eigenvalue weighted by Gasteiger charge is 2.28. The predicted molar refractivity (Wildman–Crippen MR) is 120 cm³/mol. The zero-order chi connectivity index (χ0) is 21.4. The van der Waals surface area contributed by atoms with E-state index in [2.05, 4.69) is 5.32 Å². The van der Waals surface area contributed by atoms with Gasteiger partial charge in [-0.05, 0) is 48.2 Å². The Hall–Kier alpha value is -1.75. The van der Waals surface area contributed by atoms with Crippen molar-refractivity contribution < 1.29 is 9.59 Å². The molecule has 156 valence electrons. The Morgan fingerprint density at radius 1 is 0.966 bits per heavy atom. The molecule has 29 heavy (non-hydrogen) atoms. The molecule has 0 aliphatic heterocycles. The Kier molecular flexibility index (Phi) is 9.28. The molecule has 7 heteroatoms. The number of nitrogens with zero attached hydrogens (tertiary/aromatic N) is 1. The van der Waals surface area contributed by atoms with Crippen LogP contribution in [0.1, 0.15) is 37.8 Å². The van der Waals surface area contributed by atoms with Gasteiger partial charge in [0.25, 0.3) is 0 Å². The van der Waals surface area contributed by atoms with Crippen LogP contribution in [0.3, 0.4) is 0 Å². The van der Waals surface area contributed by atoms with E-state index in [0.29, 0.717) is 34.6 Å². The molecule has 0 saturated carbocycles. The van der Waals surface area contributed by atoms with Gasteiger partial charge < -0.3 is 10.2 Å². The summed E-state index contributed by atoms with van der Waals surface area (Å²) in [5.41, 5.74) is 1.65. The van der Waals surface area contributed by atoms with Crippen LogP contribution in [0.4, 0.5) is 0 Å². The van der Waals surface area contributed by atoms with E-state index in [0.717, 1.165) is 17.5 Å². The molecule has 4 nitrogen and oxygen atoms in total. The molecule has 0 unspecified atom stereocenters. The zero-order valence-corrected chi connectivity index (χ0v) is 18.8. The Bertz CT molecular complexity index is 840. The molecule has 0 aliphatic rings. The maximum Gasteiger partial charge on any atom is 0.242 e. The van der Waals surface area contributed by atoms with Gasteiger partial charge in [0.05, 0.1) is 16.5 Å². The number of carbonyl (C=O) groups is 2. The van der Waals surface area contributed by atoms with E-state index in [1.807, 2.05) is 26.0 Å². The third kappa shape index (κ3) is 6.91. The minimum absolute atomic E-state index is 0.127. The quantitative estimate of drug-likeness (QED) is 0.541. The normalized spacial score (nSPS) is 11.8. The first-order valence-corrected chi connectivity index (χ1v) is 10.7. The number of rotatable bonds is 9. The Labute approximate surface area is 187 Å². The second-order valence-electron chi connectivity index (χ2n) is 6.79. The van der Waals surface area contributed by atoms with E-state index >= 15 is 0 Å². The average Bonchev–Trinajstić information content (AvgIpc) is 2.70. The summed E-state index contributed by atoms with van der Waals surface area (Å²) in [6, 6.07) is 11.8. The van der Waals surface area contributed by atoms with Crippen LogP contribution in [0.15, 0.2) is 42.5 Å². The van der Waals surface area contributed by atoms with Gasteiger partial charge in [-0.1, -0.05) is 66.8 Å². The second kappa shape index (κ2) is 11.4. The van der Waals surface area contributed by atoms with Crippen LogP contribution in [0.2, 0.25) is 15.1 Å². The summed E-state index contributed by atoms with van der Waals surface area (Å²) in [7, 11) is 0. The largest absolute Gasteiger partial charge is 0.354 e. The fourth-order valence-electron chi connectivity index (χ4n) is 3.00. The number of nitrogens with one attached hydrogen (secondary N) is 1. The van der Waals surface area contributed by atoms with Gasteiger partial charge in [-0.15, -0.1) is 0 Å². The molecule has 0 spiro atoms. The summed E-state index contributed by atoms with van der Waals surface area (Å²) in [6.45, 7) is 4.78. The van der Waals surface area contributed by atoms with Gasteiger partial charge in [0.2, 0.25) is 11.8 Å². The first-order chi connectivity index (χ1) is 13.8. The highest BCUT2D eigenvalue weighted by molar-refractivity contribution is 6.42. The van der Waals surface area contributed by atoms with E-state index in [1.54, 1.807) is 35.2 Å². The molecule has 2 amide bonds. The maximum absolute atomic E-state index is 13.2. The molecule has 0 saturated heterocycles. The smallest absolute Gasteiger partial charge is 0.242 e. The van der Waals surface area contributed by atoms with Crippen LogP contribution in [0, 0.1) is 0 Å². The topological polar surface area (TPSA) is 49.4 Å². The van der Waals surface area contributed by atoms with Gasteiger partial charge >= 0.3 is 0 Å². The molecule has 1 atom stereocenters. The van der Waals surface area contributed by atoms with Crippen molar-refractivity contribution in [2.75, 3.05) is 6.54 Å². The molecule has 0 bridgehead atoms. The van der Waals surface area contributed by atoms with E-state index < -0.39 is 6.04 Å². The average molecular weight is 456 g/mol. The number of halogens is 3. The van der Waals surface area contributed by atoms with E-state index in [9.17, 15) is 9.59 Å². The summed E-state index contributed by atoms with van der Waals surface area (Å²) in [5, 5.41) is 4.36. The highest BCUT2D eigenvalue weighted by atomic mass is 35.5. The van der Waals surface area contributed by atoms with E-state index in [1.165, 1.54) is 0 Å². The molecule has 2 aromatic carbocycles. The van der Waals surface area contributed by atoms with Gasteiger partial charge in [-0.25, -0.2) is 0 Å². The van der Waals surface area contributed by atoms with Gasteiger partial charge in [-0.3, -0.25) is 9.59 Å². The van der Waals surface area contributed by atoms with Gasteiger partial charge in [0, 0.05) is 18.1 Å². The molecule has 0 fully saturated rings. The van der Waals surface area contributed by atoms with Crippen LogP contribution in [0.25, 0.3) is 0 Å².